The molecule has 132 valence electrons. The van der Waals surface area contributed by atoms with Crippen molar-refractivity contribution < 1.29 is 13.9 Å². The summed E-state index contributed by atoms with van der Waals surface area (Å²) in [4.78, 5) is 16.5. The number of ether oxygens (including phenoxy) is 1. The van der Waals surface area contributed by atoms with Gasteiger partial charge in [0.15, 0.2) is 0 Å². The van der Waals surface area contributed by atoms with E-state index in [1.807, 2.05) is 26.0 Å². The molecule has 5 heteroatoms. The van der Waals surface area contributed by atoms with E-state index >= 15 is 0 Å². The van der Waals surface area contributed by atoms with E-state index in [1.54, 1.807) is 36.4 Å². The number of carbonyl (C=O) groups excluding carboxylic acids is 1. The highest BCUT2D eigenvalue weighted by Crippen LogP contribution is 2.22. The number of nitrogens with zero attached hydrogens (tertiary/aromatic N) is 1. The molecule has 0 radical (unpaired) electrons. The van der Waals surface area contributed by atoms with Gasteiger partial charge in [0.05, 0.1) is 6.10 Å². The van der Waals surface area contributed by atoms with Crippen LogP contribution in [-0.2, 0) is 0 Å². The number of pyridine rings is 1. The van der Waals surface area contributed by atoms with E-state index in [0.29, 0.717) is 22.6 Å². The lowest BCUT2D eigenvalue weighted by Crippen LogP contribution is -2.12. The van der Waals surface area contributed by atoms with Crippen LogP contribution in [0.15, 0.2) is 66.9 Å². The third kappa shape index (κ3) is 4.25. The Morgan fingerprint density at radius 1 is 1.08 bits per heavy atom. The number of hydrogen-bond acceptors (Lipinski definition) is 3. The lowest BCUT2D eigenvalue weighted by Gasteiger charge is -2.11. The van der Waals surface area contributed by atoms with Gasteiger partial charge in [-0.25, -0.2) is 4.39 Å². The Morgan fingerprint density at radius 2 is 1.85 bits per heavy atom. The zero-order valence-corrected chi connectivity index (χ0v) is 14.6. The van der Waals surface area contributed by atoms with Crippen molar-refractivity contribution in [3.05, 3.63) is 78.2 Å². The molecular weight excluding hydrogens is 331 g/mol. The van der Waals surface area contributed by atoms with Gasteiger partial charge in [-0.3, -0.25) is 9.78 Å². The smallest absolute Gasteiger partial charge is 0.255 e. The minimum absolute atomic E-state index is 0.0560. The zero-order valence-electron chi connectivity index (χ0n) is 14.6. The molecule has 1 heterocycles. The summed E-state index contributed by atoms with van der Waals surface area (Å²) < 4.78 is 19.4. The average molecular weight is 350 g/mol. The molecule has 1 amide bonds. The van der Waals surface area contributed by atoms with Crippen LogP contribution in [0.25, 0.3) is 11.3 Å². The van der Waals surface area contributed by atoms with Crippen LogP contribution in [0.2, 0.25) is 0 Å². The second-order valence-electron chi connectivity index (χ2n) is 6.06. The maximum atomic E-state index is 13.8. The van der Waals surface area contributed by atoms with Crippen LogP contribution < -0.4 is 10.1 Å². The van der Waals surface area contributed by atoms with Crippen LogP contribution in [0.3, 0.4) is 0 Å². The number of nitrogens with one attached hydrogen (secondary N) is 1. The number of amides is 1. The third-order valence-corrected chi connectivity index (χ3v) is 3.64. The van der Waals surface area contributed by atoms with Gasteiger partial charge in [-0.05, 0) is 50.2 Å². The quantitative estimate of drug-likeness (QED) is 0.710. The number of aromatic nitrogens is 1. The van der Waals surface area contributed by atoms with Crippen LogP contribution >= 0.6 is 0 Å². The molecule has 0 aliphatic carbocycles. The molecule has 0 unspecified atom stereocenters. The first kappa shape index (κ1) is 17.6. The highest BCUT2D eigenvalue weighted by molar-refractivity contribution is 6.04. The second kappa shape index (κ2) is 7.78. The van der Waals surface area contributed by atoms with Gasteiger partial charge < -0.3 is 10.1 Å². The summed E-state index contributed by atoms with van der Waals surface area (Å²) in [5, 5.41) is 2.83. The topological polar surface area (TPSA) is 51.2 Å². The predicted octanol–water partition coefficient (Wildman–Crippen LogP) is 4.93. The summed E-state index contributed by atoms with van der Waals surface area (Å²) in [7, 11) is 0. The Bertz CT molecular complexity index is 908. The maximum Gasteiger partial charge on any atom is 0.255 e. The first-order valence-corrected chi connectivity index (χ1v) is 8.32. The molecule has 3 aromatic rings. The van der Waals surface area contributed by atoms with Crippen molar-refractivity contribution in [1.82, 2.24) is 4.98 Å². The van der Waals surface area contributed by atoms with E-state index in [4.69, 9.17) is 4.74 Å². The molecule has 1 aromatic heterocycles. The van der Waals surface area contributed by atoms with Crippen molar-refractivity contribution in [2.24, 2.45) is 0 Å². The summed E-state index contributed by atoms with van der Waals surface area (Å²) in [6, 6.07) is 16.8. The Hall–Kier alpha value is -3.21. The molecule has 0 fully saturated rings. The summed E-state index contributed by atoms with van der Waals surface area (Å²) in [6.07, 6.45) is 1.59. The van der Waals surface area contributed by atoms with Crippen molar-refractivity contribution in [2.45, 2.75) is 20.0 Å². The molecule has 0 aliphatic rings. The largest absolute Gasteiger partial charge is 0.491 e. The van der Waals surface area contributed by atoms with Crippen LogP contribution in [-0.4, -0.2) is 17.0 Å². The van der Waals surface area contributed by atoms with Crippen molar-refractivity contribution in [3.63, 3.8) is 0 Å². The van der Waals surface area contributed by atoms with E-state index in [0.717, 1.165) is 0 Å². The monoisotopic (exact) mass is 350 g/mol. The molecule has 3 rings (SSSR count). The molecule has 0 bridgehead atoms. The van der Waals surface area contributed by atoms with E-state index < -0.39 is 5.82 Å². The van der Waals surface area contributed by atoms with Gasteiger partial charge >= 0.3 is 0 Å². The lowest BCUT2D eigenvalue weighted by molar-refractivity contribution is 0.102. The SMILES string of the molecule is CC(C)Oc1cccc(NC(=O)c2ccc(-c3ncccc3F)cc2)c1. The summed E-state index contributed by atoms with van der Waals surface area (Å²) in [5.74, 6) is 0.0465. The van der Waals surface area contributed by atoms with Crippen LogP contribution in [0.4, 0.5) is 10.1 Å². The Morgan fingerprint density at radius 3 is 2.54 bits per heavy atom. The van der Waals surface area contributed by atoms with Gasteiger partial charge in [-0.2, -0.15) is 0 Å². The third-order valence-electron chi connectivity index (χ3n) is 3.64. The van der Waals surface area contributed by atoms with Crippen LogP contribution in [0.1, 0.15) is 24.2 Å². The normalized spacial score (nSPS) is 10.6. The van der Waals surface area contributed by atoms with Gasteiger partial charge in [0, 0.05) is 29.1 Å². The Labute approximate surface area is 151 Å². The summed E-state index contributed by atoms with van der Waals surface area (Å²) >= 11 is 0. The number of hydrogen-bond donors (Lipinski definition) is 1. The van der Waals surface area contributed by atoms with Gasteiger partial charge in [-0.1, -0.05) is 18.2 Å². The standard InChI is InChI=1S/C21H19FN2O2/c1-14(2)26-18-6-3-5-17(13-18)24-21(25)16-10-8-15(9-11-16)20-19(22)7-4-12-23-20/h3-14H,1-2H3,(H,24,25). The van der Waals surface area contributed by atoms with Crippen molar-refractivity contribution in [3.8, 4) is 17.0 Å². The minimum atomic E-state index is -0.397. The van der Waals surface area contributed by atoms with Gasteiger partial charge in [0.2, 0.25) is 0 Å². The van der Waals surface area contributed by atoms with Crippen molar-refractivity contribution >= 4 is 11.6 Å². The first-order chi connectivity index (χ1) is 12.5. The van der Waals surface area contributed by atoms with Crippen molar-refractivity contribution in [1.29, 1.82) is 0 Å². The zero-order chi connectivity index (χ0) is 18.5. The van der Waals surface area contributed by atoms with Crippen molar-refractivity contribution in [2.75, 3.05) is 5.32 Å². The van der Waals surface area contributed by atoms with Crippen LogP contribution in [0, 0.1) is 5.82 Å². The van der Waals surface area contributed by atoms with E-state index in [2.05, 4.69) is 10.3 Å². The molecule has 0 atom stereocenters. The fourth-order valence-electron chi connectivity index (χ4n) is 2.50. The van der Waals surface area contributed by atoms with E-state index in [9.17, 15) is 9.18 Å². The van der Waals surface area contributed by atoms with E-state index in [-0.39, 0.29) is 17.7 Å². The Balaban J connectivity index is 1.74. The van der Waals surface area contributed by atoms with Crippen LogP contribution in [0.5, 0.6) is 5.75 Å². The molecule has 4 nitrogen and oxygen atoms in total. The number of halogens is 1. The molecule has 0 saturated heterocycles. The molecule has 26 heavy (non-hydrogen) atoms. The molecule has 0 saturated carbocycles. The Kier molecular flexibility index (Phi) is 5.27. The number of carbonyl (C=O) groups is 1. The fourth-order valence-corrected chi connectivity index (χ4v) is 2.50. The van der Waals surface area contributed by atoms with Gasteiger partial charge in [0.25, 0.3) is 5.91 Å². The number of rotatable bonds is 5. The fraction of sp³-hybridized carbons (Fsp3) is 0.143. The average Bonchev–Trinajstić information content (AvgIpc) is 2.62. The summed E-state index contributed by atoms with van der Waals surface area (Å²) in [5.41, 5.74) is 2.00. The molecule has 0 aliphatic heterocycles. The highest BCUT2D eigenvalue weighted by atomic mass is 19.1. The molecule has 0 spiro atoms. The first-order valence-electron chi connectivity index (χ1n) is 8.32. The molecular formula is C21H19FN2O2. The number of anilines is 1. The molecule has 2 aromatic carbocycles. The van der Waals surface area contributed by atoms with Gasteiger partial charge in [-0.15, -0.1) is 0 Å². The van der Waals surface area contributed by atoms with Gasteiger partial charge in [0.1, 0.15) is 17.3 Å². The lowest BCUT2D eigenvalue weighted by atomic mass is 10.1. The predicted molar refractivity (Wildman–Crippen MR) is 99.8 cm³/mol. The van der Waals surface area contributed by atoms with E-state index in [1.165, 1.54) is 18.3 Å². The minimum Gasteiger partial charge on any atom is -0.491 e. The highest BCUT2D eigenvalue weighted by Gasteiger charge is 2.10. The maximum absolute atomic E-state index is 13.8. The number of benzene rings is 2. The molecule has 1 N–H and O–H groups in total. The summed E-state index contributed by atoms with van der Waals surface area (Å²) in [6.45, 7) is 3.88. The second-order valence-corrected chi connectivity index (χ2v) is 6.06.